The number of rotatable bonds is 3. The lowest BCUT2D eigenvalue weighted by atomic mass is 10.2. The number of nitrogens with one attached hydrogen (secondary N) is 1. The summed E-state index contributed by atoms with van der Waals surface area (Å²) in [5.74, 6) is 0.801. The Morgan fingerprint density at radius 1 is 1.53 bits per heavy atom. The van der Waals surface area contributed by atoms with E-state index < -0.39 is 0 Å². The van der Waals surface area contributed by atoms with Crippen LogP contribution in [0.3, 0.4) is 0 Å². The topological polar surface area (TPSA) is 65.7 Å². The van der Waals surface area contributed by atoms with Crippen molar-refractivity contribution in [2.24, 2.45) is 0 Å². The number of hydrogen-bond donors (Lipinski definition) is 2. The lowest BCUT2D eigenvalue weighted by Crippen LogP contribution is -2.31. The molecule has 5 nitrogen and oxygen atoms in total. The Bertz CT molecular complexity index is 384. The molecule has 1 aliphatic rings. The highest BCUT2D eigenvalue weighted by Crippen LogP contribution is 2.29. The zero-order chi connectivity index (χ0) is 12.3. The molecule has 0 aliphatic carbocycles. The molecule has 17 heavy (non-hydrogen) atoms. The van der Waals surface area contributed by atoms with E-state index in [1.54, 1.807) is 7.11 Å². The first kappa shape index (κ1) is 12.0. The van der Waals surface area contributed by atoms with Crippen molar-refractivity contribution in [3.05, 3.63) is 18.2 Å². The van der Waals surface area contributed by atoms with Crippen LogP contribution in [-0.2, 0) is 9.47 Å². The Hall–Kier alpha value is -1.46. The van der Waals surface area contributed by atoms with Crippen LogP contribution in [0.5, 0.6) is 5.75 Å². The van der Waals surface area contributed by atoms with Crippen molar-refractivity contribution in [1.29, 1.82) is 0 Å². The molecule has 0 saturated heterocycles. The summed E-state index contributed by atoms with van der Waals surface area (Å²) in [4.78, 5) is 0. The summed E-state index contributed by atoms with van der Waals surface area (Å²) in [6, 6.07) is 5.54. The minimum absolute atomic E-state index is 0.0430. The van der Waals surface area contributed by atoms with Crippen molar-refractivity contribution in [3.8, 4) is 5.75 Å². The molecule has 5 heteroatoms. The van der Waals surface area contributed by atoms with Crippen molar-refractivity contribution >= 4 is 11.4 Å². The van der Waals surface area contributed by atoms with Crippen LogP contribution >= 0.6 is 0 Å². The van der Waals surface area contributed by atoms with E-state index in [1.807, 2.05) is 25.1 Å². The Morgan fingerprint density at radius 3 is 3.12 bits per heavy atom. The van der Waals surface area contributed by atoms with Gasteiger partial charge in [-0.05, 0) is 25.1 Å². The quantitative estimate of drug-likeness (QED) is 0.616. The summed E-state index contributed by atoms with van der Waals surface area (Å²) in [6.07, 6.45) is -0.282. The van der Waals surface area contributed by atoms with Gasteiger partial charge in [-0.3, -0.25) is 0 Å². The first-order valence-electron chi connectivity index (χ1n) is 5.63. The van der Waals surface area contributed by atoms with Crippen LogP contribution < -0.4 is 15.8 Å². The summed E-state index contributed by atoms with van der Waals surface area (Å²) in [5, 5.41) is 3.26. The number of benzene rings is 1. The molecule has 2 rings (SSSR count). The van der Waals surface area contributed by atoms with Gasteiger partial charge in [0.1, 0.15) is 18.5 Å². The molecule has 3 N–H and O–H groups in total. The summed E-state index contributed by atoms with van der Waals surface area (Å²) in [7, 11) is 1.62. The van der Waals surface area contributed by atoms with Crippen LogP contribution in [0.4, 0.5) is 11.4 Å². The van der Waals surface area contributed by atoms with Crippen LogP contribution in [0.2, 0.25) is 0 Å². The zero-order valence-electron chi connectivity index (χ0n) is 10.1. The maximum Gasteiger partial charge on any atom is 0.155 e. The zero-order valence-corrected chi connectivity index (χ0v) is 10.1. The van der Waals surface area contributed by atoms with Crippen LogP contribution in [-0.4, -0.2) is 32.7 Å². The molecule has 0 fully saturated rings. The second-order valence-corrected chi connectivity index (χ2v) is 4.01. The smallest absolute Gasteiger partial charge is 0.155 e. The van der Waals surface area contributed by atoms with Gasteiger partial charge < -0.3 is 25.3 Å². The van der Waals surface area contributed by atoms with Gasteiger partial charge in [0.05, 0.1) is 5.69 Å². The number of methoxy groups -OCH3 is 1. The van der Waals surface area contributed by atoms with Gasteiger partial charge in [0.15, 0.2) is 6.29 Å². The molecule has 1 unspecified atom stereocenters. The van der Waals surface area contributed by atoms with Crippen LogP contribution in [0.15, 0.2) is 18.2 Å². The minimum atomic E-state index is -0.239. The van der Waals surface area contributed by atoms with Gasteiger partial charge in [0.25, 0.3) is 0 Å². The summed E-state index contributed by atoms with van der Waals surface area (Å²) >= 11 is 0. The second kappa shape index (κ2) is 5.25. The largest absolute Gasteiger partial charge is 0.489 e. The van der Waals surface area contributed by atoms with E-state index in [0.717, 1.165) is 11.4 Å². The van der Waals surface area contributed by atoms with Crippen molar-refractivity contribution in [3.63, 3.8) is 0 Å². The lowest BCUT2D eigenvalue weighted by Gasteiger charge is -2.19. The summed E-state index contributed by atoms with van der Waals surface area (Å²) in [5.41, 5.74) is 7.34. The number of fused-ring (bicyclic) bond motifs is 1. The number of nitrogen functional groups attached to an aromatic ring is 1. The highest BCUT2D eigenvalue weighted by Gasteiger charge is 2.19. The normalized spacial score (nSPS) is 20.7. The molecule has 0 aromatic heterocycles. The van der Waals surface area contributed by atoms with E-state index in [9.17, 15) is 0 Å². The maximum absolute atomic E-state index is 5.72. The molecule has 1 heterocycles. The highest BCUT2D eigenvalue weighted by molar-refractivity contribution is 5.63. The molecule has 94 valence electrons. The second-order valence-electron chi connectivity index (χ2n) is 4.01. The van der Waals surface area contributed by atoms with E-state index >= 15 is 0 Å². The molecule has 1 aromatic carbocycles. The first-order valence-corrected chi connectivity index (χ1v) is 5.63. The fraction of sp³-hybridized carbons (Fsp3) is 0.500. The SMILES string of the molecule is COC(C)O[C@H]1CNc2cc(N)ccc2OC1. The van der Waals surface area contributed by atoms with E-state index in [4.69, 9.17) is 19.9 Å². The average molecular weight is 238 g/mol. The Morgan fingerprint density at radius 2 is 2.35 bits per heavy atom. The third kappa shape index (κ3) is 3.01. The van der Waals surface area contributed by atoms with E-state index in [1.165, 1.54) is 0 Å². The van der Waals surface area contributed by atoms with Gasteiger partial charge in [-0.25, -0.2) is 0 Å². The van der Waals surface area contributed by atoms with Gasteiger partial charge in [0, 0.05) is 19.3 Å². The monoisotopic (exact) mass is 238 g/mol. The standard InChI is InChI=1S/C12H18N2O3/c1-8(15-2)17-10-6-14-11-5-9(13)3-4-12(11)16-7-10/h3-5,8,10,14H,6-7,13H2,1-2H3/t8?,10-/m0/s1. The third-order valence-electron chi connectivity index (χ3n) is 2.66. The Kier molecular flexibility index (Phi) is 3.71. The molecule has 0 spiro atoms. The van der Waals surface area contributed by atoms with E-state index in [-0.39, 0.29) is 12.4 Å². The molecule has 0 bridgehead atoms. The lowest BCUT2D eigenvalue weighted by molar-refractivity contribution is -0.146. The fourth-order valence-corrected chi connectivity index (χ4v) is 1.69. The summed E-state index contributed by atoms with van der Waals surface area (Å²) in [6.45, 7) is 3.03. The Labute approximate surface area is 101 Å². The molecule has 0 radical (unpaired) electrons. The number of hydrogen-bond acceptors (Lipinski definition) is 5. The fourth-order valence-electron chi connectivity index (χ4n) is 1.69. The van der Waals surface area contributed by atoms with Gasteiger partial charge in [-0.2, -0.15) is 0 Å². The number of ether oxygens (including phenoxy) is 3. The summed E-state index contributed by atoms with van der Waals surface area (Å²) < 4.78 is 16.4. The molecule has 0 amide bonds. The van der Waals surface area contributed by atoms with E-state index in [0.29, 0.717) is 18.8 Å². The van der Waals surface area contributed by atoms with Crippen molar-refractivity contribution in [2.45, 2.75) is 19.3 Å². The predicted octanol–water partition coefficient (Wildman–Crippen LogP) is 1.45. The Balaban J connectivity index is 2.01. The molecule has 2 atom stereocenters. The van der Waals surface area contributed by atoms with E-state index in [2.05, 4.69) is 5.32 Å². The minimum Gasteiger partial charge on any atom is -0.489 e. The van der Waals surface area contributed by atoms with Gasteiger partial charge in [0.2, 0.25) is 0 Å². The predicted molar refractivity (Wildman–Crippen MR) is 66.2 cm³/mol. The molecule has 1 aromatic rings. The molecule has 0 saturated carbocycles. The van der Waals surface area contributed by atoms with Crippen LogP contribution in [0.1, 0.15) is 6.92 Å². The van der Waals surface area contributed by atoms with Gasteiger partial charge >= 0.3 is 0 Å². The average Bonchev–Trinajstić information content (AvgIpc) is 2.52. The van der Waals surface area contributed by atoms with Gasteiger partial charge in [-0.1, -0.05) is 0 Å². The molecular weight excluding hydrogens is 220 g/mol. The van der Waals surface area contributed by atoms with Gasteiger partial charge in [-0.15, -0.1) is 0 Å². The highest BCUT2D eigenvalue weighted by atomic mass is 16.7. The van der Waals surface area contributed by atoms with Crippen molar-refractivity contribution in [2.75, 3.05) is 31.3 Å². The maximum atomic E-state index is 5.72. The number of anilines is 2. The van der Waals surface area contributed by atoms with Crippen molar-refractivity contribution in [1.82, 2.24) is 0 Å². The molecule has 1 aliphatic heterocycles. The van der Waals surface area contributed by atoms with Crippen LogP contribution in [0, 0.1) is 0 Å². The van der Waals surface area contributed by atoms with Crippen LogP contribution in [0.25, 0.3) is 0 Å². The first-order chi connectivity index (χ1) is 8.19. The molecular formula is C12H18N2O3. The van der Waals surface area contributed by atoms with Crippen molar-refractivity contribution < 1.29 is 14.2 Å². The third-order valence-corrected chi connectivity index (χ3v) is 2.66. The number of nitrogens with two attached hydrogens (primary N) is 1.